The normalized spacial score (nSPS) is 15.9. The van der Waals surface area contributed by atoms with Crippen molar-refractivity contribution in [1.82, 2.24) is 15.4 Å². The maximum atomic E-state index is 13.3. The molecule has 0 unspecified atom stereocenters. The second-order valence-electron chi connectivity index (χ2n) is 7.35. The first kappa shape index (κ1) is 19.1. The number of benzene rings is 1. The zero-order chi connectivity index (χ0) is 19.5. The van der Waals surface area contributed by atoms with Gasteiger partial charge in [0.25, 0.3) is 0 Å². The molecule has 1 N–H and O–H groups in total. The summed E-state index contributed by atoms with van der Waals surface area (Å²) < 4.78 is 18.7. The van der Waals surface area contributed by atoms with Gasteiger partial charge in [0.15, 0.2) is 5.58 Å². The van der Waals surface area contributed by atoms with E-state index in [-0.39, 0.29) is 11.7 Å². The molecular weight excluding hydrogens is 377 g/mol. The van der Waals surface area contributed by atoms with Crippen molar-refractivity contribution in [3.63, 3.8) is 0 Å². The van der Waals surface area contributed by atoms with Crippen molar-refractivity contribution in [1.29, 1.82) is 0 Å². The van der Waals surface area contributed by atoms with E-state index in [9.17, 15) is 9.18 Å². The van der Waals surface area contributed by atoms with Gasteiger partial charge in [-0.2, -0.15) is 0 Å². The molecule has 0 atom stereocenters. The van der Waals surface area contributed by atoms with Gasteiger partial charge < -0.3 is 14.7 Å². The number of nitrogens with one attached hydrogen (secondary N) is 1. The van der Waals surface area contributed by atoms with Crippen LogP contribution in [0.4, 0.5) is 4.39 Å². The molecule has 1 fully saturated rings. The minimum Gasteiger partial charge on any atom is -0.356 e. The summed E-state index contributed by atoms with van der Waals surface area (Å²) in [6.45, 7) is 5.26. The van der Waals surface area contributed by atoms with E-state index in [2.05, 4.69) is 27.5 Å². The number of thiophene rings is 1. The lowest BCUT2D eigenvalue weighted by Gasteiger charge is -2.31. The predicted octanol–water partition coefficient (Wildman–Crippen LogP) is 4.09. The van der Waals surface area contributed by atoms with Crippen LogP contribution in [0, 0.1) is 5.82 Å². The van der Waals surface area contributed by atoms with Gasteiger partial charge in [0, 0.05) is 40.6 Å². The summed E-state index contributed by atoms with van der Waals surface area (Å²) in [4.78, 5) is 16.1. The second-order valence-corrected chi connectivity index (χ2v) is 8.60. The third-order valence-electron chi connectivity index (χ3n) is 5.34. The highest BCUT2D eigenvalue weighted by atomic mass is 32.1. The van der Waals surface area contributed by atoms with Gasteiger partial charge >= 0.3 is 0 Å². The summed E-state index contributed by atoms with van der Waals surface area (Å²) in [7, 11) is 0. The molecule has 0 bridgehead atoms. The van der Waals surface area contributed by atoms with Crippen LogP contribution in [0.25, 0.3) is 11.0 Å². The maximum absolute atomic E-state index is 13.3. The molecule has 3 heterocycles. The van der Waals surface area contributed by atoms with Crippen LogP contribution < -0.4 is 5.32 Å². The minimum atomic E-state index is -0.293. The molecule has 5 nitrogen and oxygen atoms in total. The number of amides is 1. The SMILES string of the molecule is CC(=O)NCc1ccc(CCN2CCC(c3noc4cc(F)ccc34)CC2)s1. The molecule has 1 amide bonds. The molecule has 28 heavy (non-hydrogen) atoms. The number of rotatable bonds is 6. The van der Waals surface area contributed by atoms with Crippen LogP contribution in [0.15, 0.2) is 34.9 Å². The quantitative estimate of drug-likeness (QED) is 0.676. The summed E-state index contributed by atoms with van der Waals surface area (Å²) in [5, 5.41) is 8.00. The molecule has 4 rings (SSSR count). The summed E-state index contributed by atoms with van der Waals surface area (Å²) in [5.41, 5.74) is 1.50. The average molecular weight is 402 g/mol. The average Bonchev–Trinajstić information content (AvgIpc) is 3.31. The Labute approximate surface area is 167 Å². The van der Waals surface area contributed by atoms with Crippen molar-refractivity contribution >= 4 is 28.2 Å². The first-order chi connectivity index (χ1) is 13.6. The van der Waals surface area contributed by atoms with E-state index in [0.29, 0.717) is 18.0 Å². The summed E-state index contributed by atoms with van der Waals surface area (Å²) in [6.07, 6.45) is 3.11. The Morgan fingerprint density at radius 2 is 2.07 bits per heavy atom. The van der Waals surface area contributed by atoms with Gasteiger partial charge in [-0.3, -0.25) is 4.79 Å². The van der Waals surface area contributed by atoms with Crippen LogP contribution in [0.1, 0.15) is 41.1 Å². The molecular formula is C21H24FN3O2S. The summed E-state index contributed by atoms with van der Waals surface area (Å²) >= 11 is 1.77. The largest absolute Gasteiger partial charge is 0.356 e. The van der Waals surface area contributed by atoms with Gasteiger partial charge in [-0.15, -0.1) is 11.3 Å². The highest BCUT2D eigenvalue weighted by Gasteiger charge is 2.25. The molecule has 0 spiro atoms. The highest BCUT2D eigenvalue weighted by Crippen LogP contribution is 2.32. The number of carbonyl (C=O) groups excluding carboxylic acids is 1. The Morgan fingerprint density at radius 3 is 2.86 bits per heavy atom. The minimum absolute atomic E-state index is 0.00264. The van der Waals surface area contributed by atoms with Crippen molar-refractivity contribution in [3.8, 4) is 0 Å². The molecule has 0 saturated carbocycles. The fourth-order valence-corrected chi connectivity index (χ4v) is 4.73. The Hall–Kier alpha value is -2.25. The van der Waals surface area contributed by atoms with Crippen LogP contribution in [0.3, 0.4) is 0 Å². The van der Waals surface area contributed by atoms with Crippen LogP contribution >= 0.6 is 11.3 Å². The molecule has 0 aliphatic carbocycles. The number of likely N-dealkylation sites (tertiary alicyclic amines) is 1. The number of carbonyl (C=O) groups is 1. The number of halogens is 1. The van der Waals surface area contributed by atoms with E-state index in [1.54, 1.807) is 17.4 Å². The Balaban J connectivity index is 1.28. The van der Waals surface area contributed by atoms with E-state index in [0.717, 1.165) is 50.0 Å². The van der Waals surface area contributed by atoms with Crippen molar-refractivity contribution in [2.24, 2.45) is 0 Å². The third kappa shape index (κ3) is 4.42. The molecule has 7 heteroatoms. The molecule has 1 aromatic carbocycles. The Kier molecular flexibility index (Phi) is 5.73. The van der Waals surface area contributed by atoms with E-state index >= 15 is 0 Å². The number of piperidine rings is 1. The number of hydrogen-bond donors (Lipinski definition) is 1. The lowest BCUT2D eigenvalue weighted by Crippen LogP contribution is -2.34. The lowest BCUT2D eigenvalue weighted by atomic mass is 9.91. The van der Waals surface area contributed by atoms with E-state index in [1.807, 2.05) is 0 Å². The van der Waals surface area contributed by atoms with Gasteiger partial charge in [-0.1, -0.05) is 5.16 Å². The molecule has 3 aromatic rings. The Morgan fingerprint density at radius 1 is 1.29 bits per heavy atom. The molecule has 148 valence electrons. The van der Waals surface area contributed by atoms with E-state index < -0.39 is 0 Å². The first-order valence-electron chi connectivity index (χ1n) is 9.67. The number of aromatic nitrogens is 1. The fraction of sp³-hybridized carbons (Fsp3) is 0.429. The van der Waals surface area contributed by atoms with Gasteiger partial charge in [-0.05, 0) is 56.6 Å². The van der Waals surface area contributed by atoms with Crippen molar-refractivity contribution in [3.05, 3.63) is 51.6 Å². The molecule has 1 saturated heterocycles. The molecule has 1 aliphatic rings. The van der Waals surface area contributed by atoms with E-state index in [4.69, 9.17) is 4.52 Å². The Bertz CT molecular complexity index is 960. The van der Waals surface area contributed by atoms with Crippen LogP contribution in [0.5, 0.6) is 0 Å². The van der Waals surface area contributed by atoms with Gasteiger partial charge in [0.1, 0.15) is 5.82 Å². The van der Waals surface area contributed by atoms with Gasteiger partial charge in [0.2, 0.25) is 5.91 Å². The van der Waals surface area contributed by atoms with Crippen molar-refractivity contribution in [2.45, 2.75) is 38.6 Å². The van der Waals surface area contributed by atoms with Gasteiger partial charge in [-0.25, -0.2) is 4.39 Å². The lowest BCUT2D eigenvalue weighted by molar-refractivity contribution is -0.119. The predicted molar refractivity (Wildman–Crippen MR) is 108 cm³/mol. The monoisotopic (exact) mass is 401 g/mol. The molecule has 0 radical (unpaired) electrons. The summed E-state index contributed by atoms with van der Waals surface area (Å²) in [5.74, 6) is 0.0793. The first-order valence-corrected chi connectivity index (χ1v) is 10.5. The highest BCUT2D eigenvalue weighted by molar-refractivity contribution is 7.12. The maximum Gasteiger partial charge on any atom is 0.217 e. The van der Waals surface area contributed by atoms with Crippen LogP contribution in [0.2, 0.25) is 0 Å². The molecule has 1 aliphatic heterocycles. The number of hydrogen-bond acceptors (Lipinski definition) is 5. The number of nitrogens with zero attached hydrogens (tertiary/aromatic N) is 2. The summed E-state index contributed by atoms with van der Waals surface area (Å²) in [6, 6.07) is 8.91. The zero-order valence-corrected chi connectivity index (χ0v) is 16.7. The van der Waals surface area contributed by atoms with Gasteiger partial charge in [0.05, 0.1) is 12.2 Å². The fourth-order valence-electron chi connectivity index (χ4n) is 3.79. The molecule has 2 aromatic heterocycles. The topological polar surface area (TPSA) is 58.4 Å². The van der Waals surface area contributed by atoms with Crippen LogP contribution in [-0.4, -0.2) is 35.6 Å². The number of fused-ring (bicyclic) bond motifs is 1. The van der Waals surface area contributed by atoms with Crippen molar-refractivity contribution in [2.75, 3.05) is 19.6 Å². The van der Waals surface area contributed by atoms with E-state index in [1.165, 1.54) is 28.8 Å². The van der Waals surface area contributed by atoms with Crippen molar-refractivity contribution < 1.29 is 13.7 Å². The van der Waals surface area contributed by atoms with Crippen LogP contribution in [-0.2, 0) is 17.8 Å². The second kappa shape index (κ2) is 8.41. The smallest absolute Gasteiger partial charge is 0.217 e. The zero-order valence-electron chi connectivity index (χ0n) is 15.9. The standard InChI is InChI=1S/C21H24FN3O2S/c1-14(26)23-13-18-4-3-17(28-18)8-11-25-9-6-15(7-10-25)21-19-5-2-16(22)12-20(19)27-24-21/h2-5,12,15H,6-11,13H2,1H3,(H,23,26). The third-order valence-corrected chi connectivity index (χ3v) is 6.48.